The lowest BCUT2D eigenvalue weighted by Crippen LogP contribution is -2.31. The molecule has 1 aliphatic heterocycles. The van der Waals surface area contributed by atoms with Crippen LogP contribution in [-0.2, 0) is 16.1 Å². The van der Waals surface area contributed by atoms with Gasteiger partial charge in [-0.05, 0) is 36.2 Å². The van der Waals surface area contributed by atoms with Crippen molar-refractivity contribution in [3.8, 4) is 11.5 Å². The standard InChI is InChI=1S/C19H20N2O4/c1-23-17-8-7-14(11-18(17)24-2)12-20-25-13-19(22)21-10-9-15-5-3-4-6-16(15)21/h3-8,11-12H,9-10,13H2,1-2H3/b20-12-. The Morgan fingerprint density at radius 3 is 2.76 bits per heavy atom. The molecule has 0 unspecified atom stereocenters. The van der Waals surface area contributed by atoms with Crippen molar-refractivity contribution in [2.24, 2.45) is 5.16 Å². The summed E-state index contributed by atoms with van der Waals surface area (Å²) in [5, 5.41) is 3.87. The lowest BCUT2D eigenvalue weighted by molar-refractivity contribution is -0.122. The van der Waals surface area contributed by atoms with Gasteiger partial charge in [-0.2, -0.15) is 0 Å². The Kier molecular flexibility index (Phi) is 5.18. The van der Waals surface area contributed by atoms with E-state index in [2.05, 4.69) is 5.16 Å². The predicted octanol–water partition coefficient (Wildman–Crippen LogP) is 2.64. The van der Waals surface area contributed by atoms with E-state index in [1.807, 2.05) is 30.3 Å². The van der Waals surface area contributed by atoms with Crippen LogP contribution in [0.25, 0.3) is 0 Å². The first-order valence-electron chi connectivity index (χ1n) is 7.98. The zero-order chi connectivity index (χ0) is 17.6. The van der Waals surface area contributed by atoms with Crippen molar-refractivity contribution in [2.45, 2.75) is 6.42 Å². The molecule has 0 saturated carbocycles. The van der Waals surface area contributed by atoms with E-state index in [-0.39, 0.29) is 12.5 Å². The van der Waals surface area contributed by atoms with E-state index >= 15 is 0 Å². The van der Waals surface area contributed by atoms with Gasteiger partial charge in [0.1, 0.15) is 0 Å². The third-order valence-electron chi connectivity index (χ3n) is 4.06. The van der Waals surface area contributed by atoms with E-state index in [1.54, 1.807) is 31.3 Å². The van der Waals surface area contributed by atoms with Crippen LogP contribution in [0, 0.1) is 0 Å². The summed E-state index contributed by atoms with van der Waals surface area (Å²) >= 11 is 0. The monoisotopic (exact) mass is 340 g/mol. The van der Waals surface area contributed by atoms with E-state index in [4.69, 9.17) is 14.3 Å². The second-order valence-corrected chi connectivity index (χ2v) is 5.55. The van der Waals surface area contributed by atoms with Crippen LogP contribution in [0.15, 0.2) is 47.6 Å². The van der Waals surface area contributed by atoms with E-state index in [9.17, 15) is 4.79 Å². The van der Waals surface area contributed by atoms with Crippen LogP contribution in [0.4, 0.5) is 5.69 Å². The van der Waals surface area contributed by atoms with Crippen LogP contribution in [0.2, 0.25) is 0 Å². The molecule has 1 aliphatic rings. The molecule has 2 aromatic carbocycles. The molecular weight excluding hydrogens is 320 g/mol. The molecule has 0 fully saturated rings. The molecule has 0 aliphatic carbocycles. The van der Waals surface area contributed by atoms with Gasteiger partial charge >= 0.3 is 0 Å². The van der Waals surface area contributed by atoms with Crippen molar-refractivity contribution in [3.05, 3.63) is 53.6 Å². The van der Waals surface area contributed by atoms with Crippen molar-refractivity contribution in [3.63, 3.8) is 0 Å². The van der Waals surface area contributed by atoms with Crippen molar-refractivity contribution in [2.75, 3.05) is 32.3 Å². The highest BCUT2D eigenvalue weighted by Crippen LogP contribution is 2.28. The summed E-state index contributed by atoms with van der Waals surface area (Å²) in [5.41, 5.74) is 2.93. The van der Waals surface area contributed by atoms with Gasteiger partial charge in [0, 0.05) is 17.8 Å². The number of para-hydroxylation sites is 1. The van der Waals surface area contributed by atoms with Crippen LogP contribution >= 0.6 is 0 Å². The van der Waals surface area contributed by atoms with Gasteiger partial charge in [-0.15, -0.1) is 0 Å². The van der Waals surface area contributed by atoms with Crippen LogP contribution < -0.4 is 14.4 Å². The van der Waals surface area contributed by atoms with E-state index in [0.717, 1.165) is 17.7 Å². The second-order valence-electron chi connectivity index (χ2n) is 5.55. The fourth-order valence-corrected chi connectivity index (χ4v) is 2.80. The molecule has 0 radical (unpaired) electrons. The number of hydrogen-bond acceptors (Lipinski definition) is 5. The minimum atomic E-state index is -0.102. The Hall–Kier alpha value is -3.02. The molecule has 25 heavy (non-hydrogen) atoms. The number of fused-ring (bicyclic) bond motifs is 1. The molecular formula is C19H20N2O4. The lowest BCUT2D eigenvalue weighted by atomic mass is 10.2. The van der Waals surface area contributed by atoms with Crippen molar-refractivity contribution < 1.29 is 19.1 Å². The van der Waals surface area contributed by atoms with Crippen LogP contribution in [-0.4, -0.2) is 39.5 Å². The summed E-state index contributed by atoms with van der Waals surface area (Å²) in [7, 11) is 3.15. The topological polar surface area (TPSA) is 60.4 Å². The summed E-state index contributed by atoms with van der Waals surface area (Å²) in [6.45, 7) is 0.582. The van der Waals surface area contributed by atoms with Crippen molar-refractivity contribution in [1.82, 2.24) is 0 Å². The maximum absolute atomic E-state index is 12.3. The van der Waals surface area contributed by atoms with E-state index in [0.29, 0.717) is 18.0 Å². The molecule has 0 saturated heterocycles. The van der Waals surface area contributed by atoms with Gasteiger partial charge in [0.2, 0.25) is 0 Å². The van der Waals surface area contributed by atoms with Crippen LogP contribution in [0.5, 0.6) is 11.5 Å². The van der Waals surface area contributed by atoms with Gasteiger partial charge in [-0.1, -0.05) is 23.4 Å². The number of oxime groups is 1. The summed E-state index contributed by atoms with van der Waals surface area (Å²) < 4.78 is 10.4. The first-order valence-corrected chi connectivity index (χ1v) is 7.98. The molecule has 0 spiro atoms. The van der Waals surface area contributed by atoms with Crippen LogP contribution in [0.1, 0.15) is 11.1 Å². The minimum Gasteiger partial charge on any atom is -0.493 e. The third-order valence-corrected chi connectivity index (χ3v) is 4.06. The number of carbonyl (C=O) groups excluding carboxylic acids is 1. The average molecular weight is 340 g/mol. The molecule has 6 nitrogen and oxygen atoms in total. The lowest BCUT2D eigenvalue weighted by Gasteiger charge is -2.16. The number of ether oxygens (including phenoxy) is 2. The van der Waals surface area contributed by atoms with Gasteiger partial charge in [0.25, 0.3) is 5.91 Å². The molecule has 0 aromatic heterocycles. The third kappa shape index (κ3) is 3.74. The predicted molar refractivity (Wildman–Crippen MR) is 95.6 cm³/mol. The minimum absolute atomic E-state index is 0.0991. The Bertz CT molecular complexity index is 789. The van der Waals surface area contributed by atoms with Crippen molar-refractivity contribution in [1.29, 1.82) is 0 Å². The average Bonchev–Trinajstić information content (AvgIpc) is 3.09. The summed E-state index contributed by atoms with van der Waals surface area (Å²) in [6, 6.07) is 13.3. The molecule has 6 heteroatoms. The Morgan fingerprint density at radius 2 is 1.96 bits per heavy atom. The normalized spacial score (nSPS) is 13.0. The fourth-order valence-electron chi connectivity index (χ4n) is 2.80. The van der Waals surface area contributed by atoms with Gasteiger partial charge in [0.05, 0.1) is 20.4 Å². The summed E-state index contributed by atoms with van der Waals surface area (Å²) in [5.74, 6) is 1.15. The maximum Gasteiger partial charge on any atom is 0.267 e. The second kappa shape index (κ2) is 7.70. The molecule has 1 heterocycles. The fraction of sp³-hybridized carbons (Fsp3) is 0.263. The maximum atomic E-state index is 12.3. The van der Waals surface area contributed by atoms with Gasteiger partial charge in [0.15, 0.2) is 18.1 Å². The van der Waals surface area contributed by atoms with Crippen molar-refractivity contribution >= 4 is 17.8 Å². The number of carbonyl (C=O) groups is 1. The molecule has 130 valence electrons. The zero-order valence-corrected chi connectivity index (χ0v) is 14.3. The number of anilines is 1. The number of nitrogens with zero attached hydrogens (tertiary/aromatic N) is 2. The molecule has 0 atom stereocenters. The van der Waals surface area contributed by atoms with Gasteiger partial charge in [-0.3, -0.25) is 4.79 Å². The van der Waals surface area contributed by atoms with Crippen LogP contribution in [0.3, 0.4) is 0 Å². The molecule has 3 rings (SSSR count). The Labute approximate surface area is 146 Å². The summed E-state index contributed by atoms with van der Waals surface area (Å²) in [4.78, 5) is 19.2. The number of hydrogen-bond donors (Lipinski definition) is 0. The Morgan fingerprint density at radius 1 is 1.16 bits per heavy atom. The number of rotatable bonds is 6. The highest BCUT2D eigenvalue weighted by Gasteiger charge is 2.24. The van der Waals surface area contributed by atoms with Gasteiger partial charge < -0.3 is 19.2 Å². The summed E-state index contributed by atoms with van der Waals surface area (Å²) in [6.07, 6.45) is 2.41. The first kappa shape index (κ1) is 16.8. The molecule has 0 bridgehead atoms. The number of amides is 1. The first-order chi connectivity index (χ1) is 12.2. The molecule has 1 amide bonds. The highest BCUT2D eigenvalue weighted by atomic mass is 16.6. The zero-order valence-electron chi connectivity index (χ0n) is 14.3. The number of methoxy groups -OCH3 is 2. The van der Waals surface area contributed by atoms with E-state index in [1.165, 1.54) is 11.8 Å². The molecule has 2 aromatic rings. The van der Waals surface area contributed by atoms with E-state index < -0.39 is 0 Å². The quantitative estimate of drug-likeness (QED) is 0.599. The smallest absolute Gasteiger partial charge is 0.267 e. The molecule has 0 N–H and O–H groups in total. The SMILES string of the molecule is COc1ccc(/C=N\OCC(=O)N2CCc3ccccc32)cc1OC. The number of benzene rings is 2. The largest absolute Gasteiger partial charge is 0.493 e. The highest BCUT2D eigenvalue weighted by molar-refractivity contribution is 5.96. The van der Waals surface area contributed by atoms with Gasteiger partial charge in [-0.25, -0.2) is 0 Å². The Balaban J connectivity index is 1.56.